The molecular weight excluding hydrogens is 284 g/mol. The van der Waals surface area contributed by atoms with Crippen LogP contribution in [0.1, 0.15) is 42.5 Å². The SMILES string of the molecule is Cc1ccnc(NCc2ccccc2CN2CCCCCC2)n1. The molecule has 1 aromatic carbocycles. The van der Waals surface area contributed by atoms with E-state index in [9.17, 15) is 0 Å². The molecule has 1 saturated heterocycles. The Labute approximate surface area is 139 Å². The molecule has 1 aliphatic heterocycles. The van der Waals surface area contributed by atoms with Gasteiger partial charge in [0.15, 0.2) is 0 Å². The summed E-state index contributed by atoms with van der Waals surface area (Å²) >= 11 is 0. The van der Waals surface area contributed by atoms with Gasteiger partial charge in [-0.15, -0.1) is 0 Å². The van der Waals surface area contributed by atoms with Crippen molar-refractivity contribution in [3.63, 3.8) is 0 Å². The molecule has 1 aliphatic rings. The van der Waals surface area contributed by atoms with Crippen LogP contribution in [0.15, 0.2) is 36.5 Å². The van der Waals surface area contributed by atoms with E-state index >= 15 is 0 Å². The van der Waals surface area contributed by atoms with Gasteiger partial charge in [-0.25, -0.2) is 9.97 Å². The molecule has 0 amide bonds. The molecule has 0 aliphatic carbocycles. The molecule has 0 saturated carbocycles. The summed E-state index contributed by atoms with van der Waals surface area (Å²) in [7, 11) is 0. The number of anilines is 1. The minimum atomic E-state index is 0.703. The van der Waals surface area contributed by atoms with E-state index in [-0.39, 0.29) is 0 Å². The number of aromatic nitrogens is 2. The van der Waals surface area contributed by atoms with Crippen LogP contribution < -0.4 is 5.32 Å². The van der Waals surface area contributed by atoms with Gasteiger partial charge in [-0.1, -0.05) is 37.1 Å². The molecule has 1 N–H and O–H groups in total. The van der Waals surface area contributed by atoms with E-state index in [0.29, 0.717) is 5.95 Å². The molecule has 0 radical (unpaired) electrons. The minimum absolute atomic E-state index is 0.703. The molecular formula is C19H26N4. The number of rotatable bonds is 5. The van der Waals surface area contributed by atoms with Crippen LogP contribution in [0.5, 0.6) is 0 Å². The molecule has 3 rings (SSSR count). The van der Waals surface area contributed by atoms with Crippen molar-refractivity contribution in [2.45, 2.75) is 45.7 Å². The van der Waals surface area contributed by atoms with E-state index in [4.69, 9.17) is 0 Å². The van der Waals surface area contributed by atoms with E-state index in [0.717, 1.165) is 18.8 Å². The first-order chi connectivity index (χ1) is 11.3. The maximum atomic E-state index is 4.41. The Hall–Kier alpha value is -1.94. The average Bonchev–Trinajstić information content (AvgIpc) is 2.83. The highest BCUT2D eigenvalue weighted by Crippen LogP contribution is 2.17. The zero-order chi connectivity index (χ0) is 15.9. The van der Waals surface area contributed by atoms with Gasteiger partial charge >= 0.3 is 0 Å². The topological polar surface area (TPSA) is 41.1 Å². The predicted molar refractivity (Wildman–Crippen MR) is 94.3 cm³/mol. The van der Waals surface area contributed by atoms with Crippen molar-refractivity contribution >= 4 is 5.95 Å². The minimum Gasteiger partial charge on any atom is -0.350 e. The Kier molecular flexibility index (Phi) is 5.59. The lowest BCUT2D eigenvalue weighted by Crippen LogP contribution is -2.24. The van der Waals surface area contributed by atoms with Crippen LogP contribution in [0.3, 0.4) is 0 Å². The Morgan fingerprint density at radius 2 is 1.74 bits per heavy atom. The molecule has 2 heterocycles. The average molecular weight is 310 g/mol. The Balaban J connectivity index is 1.65. The quantitative estimate of drug-likeness (QED) is 0.912. The van der Waals surface area contributed by atoms with Crippen LogP contribution in [0.2, 0.25) is 0 Å². The first kappa shape index (κ1) is 15.9. The zero-order valence-electron chi connectivity index (χ0n) is 14.0. The number of nitrogens with one attached hydrogen (secondary N) is 1. The summed E-state index contributed by atoms with van der Waals surface area (Å²) in [5.41, 5.74) is 3.73. The van der Waals surface area contributed by atoms with Crippen molar-refractivity contribution in [1.82, 2.24) is 14.9 Å². The highest BCUT2D eigenvalue weighted by Gasteiger charge is 2.11. The maximum Gasteiger partial charge on any atom is 0.223 e. The van der Waals surface area contributed by atoms with Gasteiger partial charge in [-0.2, -0.15) is 0 Å². The molecule has 0 atom stereocenters. The molecule has 0 unspecified atom stereocenters. The summed E-state index contributed by atoms with van der Waals surface area (Å²) in [5.74, 6) is 0.703. The van der Waals surface area contributed by atoms with Gasteiger partial charge < -0.3 is 5.32 Å². The van der Waals surface area contributed by atoms with E-state index in [1.165, 1.54) is 49.9 Å². The molecule has 122 valence electrons. The summed E-state index contributed by atoms with van der Waals surface area (Å²) in [5, 5.41) is 3.35. The smallest absolute Gasteiger partial charge is 0.223 e. The molecule has 0 bridgehead atoms. The Morgan fingerprint density at radius 1 is 1.00 bits per heavy atom. The highest BCUT2D eigenvalue weighted by atomic mass is 15.1. The van der Waals surface area contributed by atoms with Gasteiger partial charge in [-0.05, 0) is 50.0 Å². The number of benzene rings is 1. The third-order valence-electron chi connectivity index (χ3n) is 4.44. The lowest BCUT2D eigenvalue weighted by Gasteiger charge is -2.21. The third-order valence-corrected chi connectivity index (χ3v) is 4.44. The summed E-state index contributed by atoms with van der Waals surface area (Å²) < 4.78 is 0. The monoisotopic (exact) mass is 310 g/mol. The summed E-state index contributed by atoms with van der Waals surface area (Å²) in [6, 6.07) is 10.6. The number of nitrogens with zero attached hydrogens (tertiary/aromatic N) is 3. The maximum absolute atomic E-state index is 4.41. The molecule has 2 aromatic rings. The summed E-state index contributed by atoms with van der Waals surface area (Å²) in [6.45, 7) is 6.26. The van der Waals surface area contributed by atoms with Crippen molar-refractivity contribution in [2.75, 3.05) is 18.4 Å². The van der Waals surface area contributed by atoms with Crippen LogP contribution in [0.25, 0.3) is 0 Å². The third kappa shape index (κ3) is 4.76. The molecule has 4 heteroatoms. The van der Waals surface area contributed by atoms with Crippen LogP contribution >= 0.6 is 0 Å². The normalized spacial score (nSPS) is 16.0. The number of likely N-dealkylation sites (tertiary alicyclic amines) is 1. The Morgan fingerprint density at radius 3 is 2.48 bits per heavy atom. The summed E-state index contributed by atoms with van der Waals surface area (Å²) in [4.78, 5) is 11.3. The zero-order valence-corrected chi connectivity index (χ0v) is 14.0. The lowest BCUT2D eigenvalue weighted by molar-refractivity contribution is 0.276. The molecule has 1 fully saturated rings. The first-order valence-corrected chi connectivity index (χ1v) is 8.64. The van der Waals surface area contributed by atoms with Crippen molar-refractivity contribution in [1.29, 1.82) is 0 Å². The van der Waals surface area contributed by atoms with Crippen molar-refractivity contribution in [3.8, 4) is 0 Å². The van der Waals surface area contributed by atoms with E-state index < -0.39 is 0 Å². The fraction of sp³-hybridized carbons (Fsp3) is 0.474. The van der Waals surface area contributed by atoms with Gasteiger partial charge in [-0.3, -0.25) is 4.90 Å². The van der Waals surface area contributed by atoms with Gasteiger partial charge in [0, 0.05) is 25.0 Å². The molecule has 23 heavy (non-hydrogen) atoms. The standard InChI is InChI=1S/C19H26N4/c1-16-10-11-20-19(22-16)21-14-17-8-4-5-9-18(17)15-23-12-6-2-3-7-13-23/h4-5,8-11H,2-3,6-7,12-15H2,1H3,(H,20,21,22). The van der Waals surface area contributed by atoms with E-state index in [1.54, 1.807) is 6.20 Å². The van der Waals surface area contributed by atoms with Crippen molar-refractivity contribution < 1.29 is 0 Å². The lowest BCUT2D eigenvalue weighted by atomic mass is 10.1. The van der Waals surface area contributed by atoms with Gasteiger partial charge in [0.25, 0.3) is 0 Å². The van der Waals surface area contributed by atoms with Gasteiger partial charge in [0.05, 0.1) is 0 Å². The van der Waals surface area contributed by atoms with E-state index in [2.05, 4.69) is 44.5 Å². The van der Waals surface area contributed by atoms with E-state index in [1.807, 2.05) is 13.0 Å². The summed E-state index contributed by atoms with van der Waals surface area (Å²) in [6.07, 6.45) is 7.22. The first-order valence-electron chi connectivity index (χ1n) is 8.64. The largest absolute Gasteiger partial charge is 0.350 e. The second kappa shape index (κ2) is 8.06. The van der Waals surface area contributed by atoms with Gasteiger partial charge in [0.1, 0.15) is 0 Å². The second-order valence-electron chi connectivity index (χ2n) is 6.33. The van der Waals surface area contributed by atoms with Gasteiger partial charge in [0.2, 0.25) is 5.95 Å². The number of hydrogen-bond acceptors (Lipinski definition) is 4. The fourth-order valence-corrected chi connectivity index (χ4v) is 3.13. The van der Waals surface area contributed by atoms with Crippen molar-refractivity contribution in [3.05, 3.63) is 53.3 Å². The number of hydrogen-bond donors (Lipinski definition) is 1. The van der Waals surface area contributed by atoms with Crippen LogP contribution in [-0.2, 0) is 13.1 Å². The van der Waals surface area contributed by atoms with Crippen LogP contribution in [0.4, 0.5) is 5.95 Å². The molecule has 1 aromatic heterocycles. The second-order valence-corrected chi connectivity index (χ2v) is 6.33. The van der Waals surface area contributed by atoms with Crippen molar-refractivity contribution in [2.24, 2.45) is 0 Å². The number of aryl methyl sites for hydroxylation is 1. The molecule has 4 nitrogen and oxygen atoms in total. The van der Waals surface area contributed by atoms with Crippen LogP contribution in [0, 0.1) is 6.92 Å². The molecule has 0 spiro atoms. The highest BCUT2D eigenvalue weighted by molar-refractivity contribution is 5.32. The fourth-order valence-electron chi connectivity index (χ4n) is 3.13. The Bertz CT molecular complexity index is 618. The van der Waals surface area contributed by atoms with Crippen LogP contribution in [-0.4, -0.2) is 28.0 Å². The predicted octanol–water partition coefficient (Wildman–Crippen LogP) is 3.77.